The zero-order valence-corrected chi connectivity index (χ0v) is 9.77. The Bertz CT molecular complexity index is 437. The summed E-state index contributed by atoms with van der Waals surface area (Å²) in [5.74, 6) is 0. The molecule has 0 saturated heterocycles. The zero-order chi connectivity index (χ0) is 10.6. The summed E-state index contributed by atoms with van der Waals surface area (Å²) in [5, 5.41) is 5.10. The van der Waals surface area contributed by atoms with Crippen LogP contribution in [0.25, 0.3) is 0 Å². The van der Waals surface area contributed by atoms with Gasteiger partial charge in [-0.2, -0.15) is 9.98 Å². The molecule has 1 rings (SSSR count). The van der Waals surface area contributed by atoms with Crippen LogP contribution in [0.2, 0.25) is 10.0 Å². The van der Waals surface area contributed by atoms with Crippen LogP contribution in [-0.4, -0.2) is 10.3 Å². The summed E-state index contributed by atoms with van der Waals surface area (Å²) in [5.41, 5.74) is 0.907. The molecule has 0 N–H and O–H groups in total. The van der Waals surface area contributed by atoms with Gasteiger partial charge in [-0.1, -0.05) is 23.2 Å². The van der Waals surface area contributed by atoms with Crippen LogP contribution in [-0.2, 0) is 0 Å². The fraction of sp³-hybridized carbons (Fsp3) is 0. The van der Waals surface area contributed by atoms with Crippen LogP contribution >= 0.6 is 47.6 Å². The van der Waals surface area contributed by atoms with Crippen molar-refractivity contribution >= 4 is 69.3 Å². The van der Waals surface area contributed by atoms with Crippen LogP contribution in [0.1, 0.15) is 0 Å². The van der Waals surface area contributed by atoms with E-state index < -0.39 is 0 Å². The molecule has 1 aromatic carbocycles. The summed E-state index contributed by atoms with van der Waals surface area (Å²) < 4.78 is 0. The minimum atomic E-state index is 0.346. The zero-order valence-electron chi connectivity index (χ0n) is 6.62. The van der Waals surface area contributed by atoms with Gasteiger partial charge in [0.2, 0.25) is 0 Å². The van der Waals surface area contributed by atoms with E-state index in [0.29, 0.717) is 21.4 Å². The Morgan fingerprint density at radius 1 is 1.00 bits per heavy atom. The molecule has 0 heterocycles. The van der Waals surface area contributed by atoms with Gasteiger partial charge in [0.05, 0.1) is 26.1 Å². The van der Waals surface area contributed by atoms with E-state index in [0.717, 1.165) is 0 Å². The molecular weight excluding hydrogens is 259 g/mol. The minimum Gasteiger partial charge on any atom is -0.195 e. The second kappa shape index (κ2) is 5.32. The Kier molecular flexibility index (Phi) is 4.36. The van der Waals surface area contributed by atoms with Gasteiger partial charge < -0.3 is 0 Å². The third-order valence-corrected chi connectivity index (χ3v) is 2.09. The number of nitrogens with zero attached hydrogens (tertiary/aromatic N) is 2. The smallest absolute Gasteiger partial charge is 0.111 e. The SMILES string of the molecule is S=C=Nc1cc(Cl)c(N=C=S)c(Cl)c1. The first-order chi connectivity index (χ1) is 6.69. The van der Waals surface area contributed by atoms with E-state index in [9.17, 15) is 0 Å². The summed E-state index contributed by atoms with van der Waals surface area (Å²) in [6.45, 7) is 0. The third kappa shape index (κ3) is 2.69. The van der Waals surface area contributed by atoms with Gasteiger partial charge in [0.1, 0.15) is 5.69 Å². The van der Waals surface area contributed by atoms with Crippen LogP contribution in [0.5, 0.6) is 0 Å². The molecule has 0 radical (unpaired) electrons. The highest BCUT2D eigenvalue weighted by molar-refractivity contribution is 7.78. The highest BCUT2D eigenvalue weighted by Crippen LogP contribution is 2.36. The molecule has 70 valence electrons. The second-order valence-corrected chi connectivity index (χ2v) is 3.34. The van der Waals surface area contributed by atoms with E-state index in [1.54, 1.807) is 12.1 Å². The highest BCUT2D eigenvalue weighted by Gasteiger charge is 2.06. The van der Waals surface area contributed by atoms with Gasteiger partial charge in [-0.15, -0.1) is 0 Å². The first kappa shape index (κ1) is 11.5. The predicted molar refractivity (Wildman–Crippen MR) is 65.8 cm³/mol. The Balaban J connectivity index is 3.38. The average Bonchev–Trinajstić information content (AvgIpc) is 2.12. The lowest BCUT2D eigenvalue weighted by Crippen LogP contribution is -1.72. The van der Waals surface area contributed by atoms with Crippen molar-refractivity contribution < 1.29 is 0 Å². The van der Waals surface area contributed by atoms with E-state index in [1.165, 1.54) is 0 Å². The molecule has 0 atom stereocenters. The lowest BCUT2D eigenvalue weighted by molar-refractivity contribution is 1.50. The number of hydrogen-bond acceptors (Lipinski definition) is 4. The van der Waals surface area contributed by atoms with Crippen LogP contribution < -0.4 is 0 Å². The maximum atomic E-state index is 5.86. The highest BCUT2D eigenvalue weighted by atomic mass is 35.5. The lowest BCUT2D eigenvalue weighted by atomic mass is 10.3. The average molecular weight is 261 g/mol. The molecule has 0 aliphatic carbocycles. The van der Waals surface area contributed by atoms with Crippen LogP contribution in [0.15, 0.2) is 22.1 Å². The van der Waals surface area contributed by atoms with Crippen LogP contribution in [0.4, 0.5) is 11.4 Å². The van der Waals surface area contributed by atoms with E-state index in [-0.39, 0.29) is 0 Å². The van der Waals surface area contributed by atoms with Crippen molar-refractivity contribution in [3.8, 4) is 0 Å². The van der Waals surface area contributed by atoms with Gasteiger partial charge in [-0.25, -0.2) is 0 Å². The number of benzene rings is 1. The number of thiocarbonyl (C=S) groups is 2. The first-order valence-electron chi connectivity index (χ1n) is 3.34. The van der Waals surface area contributed by atoms with Crippen molar-refractivity contribution in [2.75, 3.05) is 0 Å². The number of aliphatic imine (C=N–C) groups is 2. The normalized spacial score (nSPS) is 8.71. The number of halogens is 2. The van der Waals surface area contributed by atoms with Gasteiger partial charge in [0.25, 0.3) is 0 Å². The quantitative estimate of drug-likeness (QED) is 0.579. The summed E-state index contributed by atoms with van der Waals surface area (Å²) in [4.78, 5) is 7.46. The minimum absolute atomic E-state index is 0.346. The largest absolute Gasteiger partial charge is 0.195 e. The summed E-state index contributed by atoms with van der Waals surface area (Å²) in [6, 6.07) is 3.14. The Morgan fingerprint density at radius 3 is 1.93 bits per heavy atom. The molecule has 6 heteroatoms. The van der Waals surface area contributed by atoms with Gasteiger partial charge in [-0.05, 0) is 36.6 Å². The van der Waals surface area contributed by atoms with Gasteiger partial charge in [0.15, 0.2) is 0 Å². The lowest BCUT2D eigenvalue weighted by Gasteiger charge is -2.00. The number of hydrogen-bond donors (Lipinski definition) is 0. The molecule has 0 aliphatic rings. The maximum Gasteiger partial charge on any atom is 0.111 e. The molecule has 0 aromatic heterocycles. The van der Waals surface area contributed by atoms with Crippen molar-refractivity contribution in [3.05, 3.63) is 22.2 Å². The molecule has 14 heavy (non-hydrogen) atoms. The van der Waals surface area contributed by atoms with E-state index >= 15 is 0 Å². The monoisotopic (exact) mass is 260 g/mol. The predicted octanol–water partition coefficient (Wildman–Crippen LogP) is 4.46. The Morgan fingerprint density at radius 2 is 1.50 bits per heavy atom. The Hall–Kier alpha value is -0.600. The number of rotatable bonds is 2. The van der Waals surface area contributed by atoms with Crippen LogP contribution in [0.3, 0.4) is 0 Å². The number of isothiocyanates is 2. The van der Waals surface area contributed by atoms with E-state index in [4.69, 9.17) is 23.2 Å². The fourth-order valence-corrected chi connectivity index (χ4v) is 1.58. The van der Waals surface area contributed by atoms with E-state index in [2.05, 4.69) is 44.7 Å². The van der Waals surface area contributed by atoms with Gasteiger partial charge in [0, 0.05) is 0 Å². The molecule has 0 unspecified atom stereocenters. The summed E-state index contributed by atoms with van der Waals surface area (Å²) in [6.07, 6.45) is 0. The summed E-state index contributed by atoms with van der Waals surface area (Å²) in [7, 11) is 0. The topological polar surface area (TPSA) is 24.7 Å². The summed E-state index contributed by atoms with van der Waals surface area (Å²) >= 11 is 20.6. The molecule has 0 aliphatic heterocycles. The molecule has 0 spiro atoms. The van der Waals surface area contributed by atoms with Crippen molar-refractivity contribution in [2.45, 2.75) is 0 Å². The molecule has 0 bridgehead atoms. The molecule has 0 fully saturated rings. The van der Waals surface area contributed by atoms with Crippen molar-refractivity contribution in [2.24, 2.45) is 9.98 Å². The third-order valence-electron chi connectivity index (χ3n) is 1.33. The molecular formula is C8H2Cl2N2S2. The second-order valence-electron chi connectivity index (χ2n) is 2.16. The van der Waals surface area contributed by atoms with Crippen LogP contribution in [0, 0.1) is 0 Å². The molecule has 0 amide bonds. The first-order valence-corrected chi connectivity index (χ1v) is 4.91. The van der Waals surface area contributed by atoms with Crippen molar-refractivity contribution in [1.82, 2.24) is 0 Å². The molecule has 2 nitrogen and oxygen atoms in total. The molecule has 0 saturated carbocycles. The van der Waals surface area contributed by atoms with Gasteiger partial charge >= 0.3 is 0 Å². The molecule has 1 aromatic rings. The van der Waals surface area contributed by atoms with Gasteiger partial charge in [-0.3, -0.25) is 0 Å². The van der Waals surface area contributed by atoms with E-state index in [1.807, 2.05) is 0 Å². The van der Waals surface area contributed by atoms with Crippen molar-refractivity contribution in [3.63, 3.8) is 0 Å². The standard InChI is InChI=1S/C8H2Cl2N2S2/c9-6-1-5(11-3-13)2-7(10)8(6)12-4-14/h1-2H. The fourth-order valence-electron chi connectivity index (χ4n) is 0.822. The Labute approximate surface area is 101 Å². The van der Waals surface area contributed by atoms with Crippen molar-refractivity contribution in [1.29, 1.82) is 0 Å². The maximum absolute atomic E-state index is 5.86.